The molecule has 0 radical (unpaired) electrons. The van der Waals surface area contributed by atoms with Crippen molar-refractivity contribution in [3.63, 3.8) is 0 Å². The van der Waals surface area contributed by atoms with E-state index in [9.17, 15) is 5.11 Å². The lowest BCUT2D eigenvalue weighted by atomic mass is 10.2. The lowest BCUT2D eigenvalue weighted by Gasteiger charge is -2.02. The van der Waals surface area contributed by atoms with Crippen LogP contribution in [0.5, 0.6) is 5.75 Å². The van der Waals surface area contributed by atoms with E-state index in [2.05, 4.69) is 4.99 Å². The number of benzene rings is 2. The van der Waals surface area contributed by atoms with Gasteiger partial charge in [0.15, 0.2) is 0 Å². The number of aliphatic imine (C=N–C) groups is 1. The standard InChI is InChI=1S/C17H14N2O/c20-17-6-2-1-5-14(17)13-18-15-7-9-16(10-8-15)19-11-3-4-12-19/h1-13,20H. The van der Waals surface area contributed by atoms with Crippen LogP contribution >= 0.6 is 0 Å². The molecule has 3 aromatic rings. The fourth-order valence-electron chi connectivity index (χ4n) is 1.96. The monoisotopic (exact) mass is 262 g/mol. The average Bonchev–Trinajstić information content (AvgIpc) is 3.01. The highest BCUT2D eigenvalue weighted by atomic mass is 16.3. The van der Waals surface area contributed by atoms with Gasteiger partial charge in [-0.25, -0.2) is 0 Å². The largest absolute Gasteiger partial charge is 0.507 e. The molecule has 0 fully saturated rings. The van der Waals surface area contributed by atoms with Gasteiger partial charge in [-0.2, -0.15) is 0 Å². The molecule has 20 heavy (non-hydrogen) atoms. The van der Waals surface area contributed by atoms with Crippen LogP contribution in [0.25, 0.3) is 5.69 Å². The van der Waals surface area contributed by atoms with Gasteiger partial charge in [-0.3, -0.25) is 4.99 Å². The summed E-state index contributed by atoms with van der Waals surface area (Å²) in [6.07, 6.45) is 5.67. The molecular weight excluding hydrogens is 248 g/mol. The van der Waals surface area contributed by atoms with E-state index in [0.717, 1.165) is 11.4 Å². The SMILES string of the molecule is Oc1ccccc1C=Nc1ccc(-n2cccc2)cc1. The van der Waals surface area contributed by atoms with Crippen LogP contribution in [0.2, 0.25) is 0 Å². The van der Waals surface area contributed by atoms with Gasteiger partial charge in [0.25, 0.3) is 0 Å². The van der Waals surface area contributed by atoms with Crippen molar-refractivity contribution in [2.24, 2.45) is 4.99 Å². The van der Waals surface area contributed by atoms with Gasteiger partial charge in [0.2, 0.25) is 0 Å². The molecule has 1 aromatic heterocycles. The van der Waals surface area contributed by atoms with Gasteiger partial charge in [-0.15, -0.1) is 0 Å². The lowest BCUT2D eigenvalue weighted by molar-refractivity contribution is 0.474. The van der Waals surface area contributed by atoms with Crippen molar-refractivity contribution in [1.82, 2.24) is 4.57 Å². The van der Waals surface area contributed by atoms with Gasteiger partial charge < -0.3 is 9.67 Å². The van der Waals surface area contributed by atoms with Gasteiger partial charge in [-0.1, -0.05) is 12.1 Å². The fraction of sp³-hybridized carbons (Fsp3) is 0. The molecule has 1 heterocycles. The number of rotatable bonds is 3. The molecule has 2 aromatic carbocycles. The molecule has 3 heteroatoms. The van der Waals surface area contributed by atoms with Crippen LogP contribution in [0.3, 0.4) is 0 Å². The smallest absolute Gasteiger partial charge is 0.124 e. The zero-order valence-electron chi connectivity index (χ0n) is 10.8. The number of phenols is 1. The predicted octanol–water partition coefficient (Wildman–Crippen LogP) is 3.93. The van der Waals surface area contributed by atoms with Crippen LogP contribution in [0.1, 0.15) is 5.56 Å². The first-order chi connectivity index (χ1) is 9.83. The maximum atomic E-state index is 9.66. The van der Waals surface area contributed by atoms with E-state index in [0.29, 0.717) is 5.56 Å². The molecule has 0 atom stereocenters. The summed E-state index contributed by atoms with van der Waals surface area (Å²) in [5.41, 5.74) is 2.66. The number of hydrogen-bond acceptors (Lipinski definition) is 2. The number of phenolic OH excluding ortho intramolecular Hbond substituents is 1. The Kier molecular flexibility index (Phi) is 3.33. The van der Waals surface area contributed by atoms with Crippen LogP contribution in [0, 0.1) is 0 Å². The minimum atomic E-state index is 0.236. The molecule has 0 aliphatic rings. The summed E-state index contributed by atoms with van der Waals surface area (Å²) >= 11 is 0. The quantitative estimate of drug-likeness (QED) is 0.713. The first kappa shape index (κ1) is 12.2. The molecule has 98 valence electrons. The molecule has 0 saturated carbocycles. The Morgan fingerprint density at radius 2 is 1.55 bits per heavy atom. The van der Waals surface area contributed by atoms with Gasteiger partial charge in [0.1, 0.15) is 5.75 Å². The molecule has 0 bridgehead atoms. The molecule has 0 aliphatic carbocycles. The highest BCUT2D eigenvalue weighted by Crippen LogP contribution is 2.18. The Morgan fingerprint density at radius 1 is 0.850 bits per heavy atom. The zero-order chi connectivity index (χ0) is 13.8. The first-order valence-corrected chi connectivity index (χ1v) is 6.38. The number of hydrogen-bond donors (Lipinski definition) is 1. The number of aromatic hydroxyl groups is 1. The van der Waals surface area contributed by atoms with Crippen LogP contribution in [0.4, 0.5) is 5.69 Å². The Morgan fingerprint density at radius 3 is 2.25 bits per heavy atom. The third-order valence-corrected chi connectivity index (χ3v) is 3.04. The number of para-hydroxylation sites is 1. The molecule has 0 aliphatic heterocycles. The van der Waals surface area contributed by atoms with Crippen LogP contribution in [-0.4, -0.2) is 15.9 Å². The third-order valence-electron chi connectivity index (χ3n) is 3.04. The second kappa shape index (κ2) is 5.45. The Bertz CT molecular complexity index is 713. The van der Waals surface area contributed by atoms with E-state index in [4.69, 9.17) is 0 Å². The topological polar surface area (TPSA) is 37.5 Å². The maximum absolute atomic E-state index is 9.66. The highest BCUT2D eigenvalue weighted by molar-refractivity contribution is 5.85. The molecule has 0 saturated heterocycles. The van der Waals surface area contributed by atoms with Crippen molar-refractivity contribution in [2.45, 2.75) is 0 Å². The molecule has 0 spiro atoms. The summed E-state index contributed by atoms with van der Waals surface area (Å²) in [7, 11) is 0. The second-order valence-corrected chi connectivity index (χ2v) is 4.42. The summed E-state index contributed by atoms with van der Waals surface area (Å²) < 4.78 is 2.04. The van der Waals surface area contributed by atoms with Crippen LogP contribution in [0.15, 0.2) is 78.0 Å². The van der Waals surface area contributed by atoms with Crippen molar-refractivity contribution in [1.29, 1.82) is 0 Å². The number of nitrogens with zero attached hydrogens (tertiary/aromatic N) is 2. The van der Waals surface area contributed by atoms with Gasteiger partial charge in [-0.05, 0) is 48.5 Å². The van der Waals surface area contributed by atoms with E-state index < -0.39 is 0 Å². The Hall–Kier alpha value is -2.81. The summed E-state index contributed by atoms with van der Waals surface area (Å²) in [5, 5.41) is 9.66. The highest BCUT2D eigenvalue weighted by Gasteiger charge is 1.96. The Labute approximate surface area is 117 Å². The first-order valence-electron chi connectivity index (χ1n) is 6.38. The lowest BCUT2D eigenvalue weighted by Crippen LogP contribution is -1.87. The number of aromatic nitrogens is 1. The van der Waals surface area contributed by atoms with E-state index in [1.807, 2.05) is 65.5 Å². The van der Waals surface area contributed by atoms with Crippen molar-refractivity contribution < 1.29 is 5.11 Å². The molecular formula is C17H14N2O. The third kappa shape index (κ3) is 2.62. The molecule has 0 unspecified atom stereocenters. The fourth-order valence-corrected chi connectivity index (χ4v) is 1.96. The summed E-state index contributed by atoms with van der Waals surface area (Å²) in [5.74, 6) is 0.236. The van der Waals surface area contributed by atoms with E-state index in [-0.39, 0.29) is 5.75 Å². The maximum Gasteiger partial charge on any atom is 0.124 e. The van der Waals surface area contributed by atoms with Crippen LogP contribution in [-0.2, 0) is 0 Å². The van der Waals surface area contributed by atoms with Gasteiger partial charge >= 0.3 is 0 Å². The Balaban J connectivity index is 1.80. The molecule has 1 N–H and O–H groups in total. The van der Waals surface area contributed by atoms with E-state index in [1.54, 1.807) is 18.3 Å². The van der Waals surface area contributed by atoms with Crippen molar-refractivity contribution in [3.8, 4) is 11.4 Å². The molecule has 0 amide bonds. The second-order valence-electron chi connectivity index (χ2n) is 4.42. The zero-order valence-corrected chi connectivity index (χ0v) is 10.8. The van der Waals surface area contributed by atoms with Gasteiger partial charge in [0, 0.05) is 29.9 Å². The predicted molar refractivity (Wildman–Crippen MR) is 81.1 cm³/mol. The van der Waals surface area contributed by atoms with Crippen molar-refractivity contribution >= 4 is 11.9 Å². The summed E-state index contributed by atoms with van der Waals surface area (Å²) in [6.45, 7) is 0. The minimum absolute atomic E-state index is 0.236. The van der Waals surface area contributed by atoms with E-state index in [1.165, 1.54) is 0 Å². The normalized spacial score (nSPS) is 11.0. The van der Waals surface area contributed by atoms with Crippen molar-refractivity contribution in [2.75, 3.05) is 0 Å². The average molecular weight is 262 g/mol. The summed E-state index contributed by atoms with van der Waals surface area (Å²) in [4.78, 5) is 4.37. The van der Waals surface area contributed by atoms with Crippen molar-refractivity contribution in [3.05, 3.63) is 78.6 Å². The van der Waals surface area contributed by atoms with E-state index >= 15 is 0 Å². The summed E-state index contributed by atoms with van der Waals surface area (Å²) in [6, 6.07) is 19.0. The molecule has 3 nitrogen and oxygen atoms in total. The molecule has 3 rings (SSSR count). The van der Waals surface area contributed by atoms with Gasteiger partial charge in [0.05, 0.1) is 5.69 Å². The van der Waals surface area contributed by atoms with Crippen LogP contribution < -0.4 is 0 Å². The minimum Gasteiger partial charge on any atom is -0.507 e.